The average molecular weight is 678 g/mol. The third-order valence-electron chi connectivity index (χ3n) is 9.68. The van der Waals surface area contributed by atoms with Crippen LogP contribution in [0.4, 0.5) is 0 Å². The van der Waals surface area contributed by atoms with Gasteiger partial charge in [0.05, 0.1) is 13.2 Å². The van der Waals surface area contributed by atoms with Gasteiger partial charge in [-0.1, -0.05) is 146 Å². The number of nitrogens with zero attached hydrogens (tertiary/aromatic N) is 3. The first-order valence-electron chi connectivity index (χ1n) is 19.0. The molecule has 0 aliphatic carbocycles. The van der Waals surface area contributed by atoms with E-state index in [9.17, 15) is 10.2 Å². The molecule has 266 valence electrons. The summed E-state index contributed by atoms with van der Waals surface area (Å²) in [5.74, 6) is 1.00. The maximum atomic E-state index is 11.2. The van der Waals surface area contributed by atoms with Crippen LogP contribution in [0, 0.1) is 5.92 Å². The lowest BCUT2D eigenvalue weighted by molar-refractivity contribution is 0.217. The minimum atomic E-state index is -0.163. The molecule has 0 saturated carbocycles. The maximum absolute atomic E-state index is 11.2. The highest BCUT2D eigenvalue weighted by Crippen LogP contribution is 2.41. The minimum Gasteiger partial charge on any atom is -0.507 e. The summed E-state index contributed by atoms with van der Waals surface area (Å²) in [4.78, 5) is 14.3. The molecular weight excluding hydrogens is 622 g/mol. The Morgan fingerprint density at radius 3 is 1.88 bits per heavy atom. The van der Waals surface area contributed by atoms with Gasteiger partial charge in [0.1, 0.15) is 22.8 Å². The molecule has 7 heteroatoms. The van der Waals surface area contributed by atoms with Crippen molar-refractivity contribution in [2.45, 2.75) is 111 Å². The number of benzene rings is 4. The van der Waals surface area contributed by atoms with Crippen molar-refractivity contribution >= 4 is 21.5 Å². The number of aromatic hydroxyl groups is 2. The monoisotopic (exact) mass is 677 g/mol. The highest BCUT2D eigenvalue weighted by atomic mass is 16.5. The molecule has 4 aromatic carbocycles. The first kappa shape index (κ1) is 36.9. The van der Waals surface area contributed by atoms with E-state index in [4.69, 9.17) is 19.4 Å². The smallest absolute Gasteiger partial charge is 0.320 e. The van der Waals surface area contributed by atoms with E-state index in [1.165, 1.54) is 63.5 Å². The average Bonchev–Trinajstić information content (AvgIpc) is 3.13. The molecule has 7 nitrogen and oxygen atoms in total. The van der Waals surface area contributed by atoms with Gasteiger partial charge in [-0.3, -0.25) is 0 Å². The van der Waals surface area contributed by atoms with Crippen LogP contribution in [-0.4, -0.2) is 38.4 Å². The van der Waals surface area contributed by atoms with Gasteiger partial charge in [-0.15, -0.1) is 0 Å². The number of rotatable bonds is 21. The van der Waals surface area contributed by atoms with Crippen LogP contribution < -0.4 is 9.47 Å². The zero-order valence-electron chi connectivity index (χ0n) is 30.3. The second-order valence-corrected chi connectivity index (χ2v) is 13.6. The normalized spacial score (nSPS) is 12.1. The van der Waals surface area contributed by atoms with Gasteiger partial charge in [0.2, 0.25) is 0 Å². The molecule has 0 saturated heterocycles. The van der Waals surface area contributed by atoms with Crippen LogP contribution in [0.2, 0.25) is 0 Å². The quantitative estimate of drug-likeness (QED) is 0.0589. The minimum absolute atomic E-state index is 0.118. The number of fused-ring (bicyclic) bond motifs is 3. The van der Waals surface area contributed by atoms with Gasteiger partial charge in [-0.05, 0) is 46.4 Å². The lowest BCUT2D eigenvalue weighted by Crippen LogP contribution is -2.13. The molecule has 1 heterocycles. The van der Waals surface area contributed by atoms with Crippen LogP contribution in [-0.2, 0) is 0 Å². The van der Waals surface area contributed by atoms with E-state index in [2.05, 4.69) is 56.1 Å². The summed E-state index contributed by atoms with van der Waals surface area (Å²) < 4.78 is 12.2. The second kappa shape index (κ2) is 19.1. The van der Waals surface area contributed by atoms with Crippen molar-refractivity contribution in [1.29, 1.82) is 0 Å². The van der Waals surface area contributed by atoms with Gasteiger partial charge in [0, 0.05) is 17.7 Å². The van der Waals surface area contributed by atoms with Crippen molar-refractivity contribution in [1.82, 2.24) is 15.0 Å². The topological polar surface area (TPSA) is 97.6 Å². The van der Waals surface area contributed by atoms with Gasteiger partial charge < -0.3 is 19.7 Å². The summed E-state index contributed by atoms with van der Waals surface area (Å²) in [5, 5.41) is 26.8. The molecule has 1 aromatic heterocycles. The Kier molecular flexibility index (Phi) is 14.1. The van der Waals surface area contributed by atoms with Crippen LogP contribution >= 0.6 is 0 Å². The first-order chi connectivity index (χ1) is 24.5. The molecule has 0 fully saturated rings. The van der Waals surface area contributed by atoms with Gasteiger partial charge in [-0.2, -0.15) is 9.97 Å². The molecule has 2 N–H and O–H groups in total. The number of ether oxygens (including phenoxy) is 2. The summed E-state index contributed by atoms with van der Waals surface area (Å²) in [6.45, 7) is 7.61. The zero-order chi connectivity index (χ0) is 35.1. The van der Waals surface area contributed by atoms with E-state index in [1.807, 2.05) is 24.3 Å². The third-order valence-corrected chi connectivity index (χ3v) is 9.68. The Labute approximate surface area is 298 Å². The van der Waals surface area contributed by atoms with Crippen molar-refractivity contribution < 1.29 is 19.7 Å². The summed E-state index contributed by atoms with van der Waals surface area (Å²) in [7, 11) is 0. The molecule has 50 heavy (non-hydrogen) atoms. The lowest BCUT2D eigenvalue weighted by Gasteiger charge is -2.16. The summed E-state index contributed by atoms with van der Waals surface area (Å²) in [5.41, 5.74) is 0.939. The maximum Gasteiger partial charge on any atom is 0.320 e. The van der Waals surface area contributed by atoms with Gasteiger partial charge in [0.25, 0.3) is 0 Å². The van der Waals surface area contributed by atoms with Crippen molar-refractivity contribution in [3.63, 3.8) is 0 Å². The van der Waals surface area contributed by atoms with E-state index in [0.29, 0.717) is 30.7 Å². The summed E-state index contributed by atoms with van der Waals surface area (Å²) in [6, 6.07) is 21.8. The van der Waals surface area contributed by atoms with Crippen molar-refractivity contribution in [2.75, 3.05) is 13.2 Å². The molecule has 0 aliphatic heterocycles. The van der Waals surface area contributed by atoms with E-state index in [-0.39, 0.29) is 28.9 Å². The Balaban J connectivity index is 1.38. The number of aromatic nitrogens is 3. The van der Waals surface area contributed by atoms with Crippen LogP contribution in [0.3, 0.4) is 0 Å². The largest absolute Gasteiger partial charge is 0.507 e. The Morgan fingerprint density at radius 2 is 1.20 bits per heavy atom. The molecule has 0 spiro atoms. The van der Waals surface area contributed by atoms with Crippen LogP contribution in [0.15, 0.2) is 66.7 Å². The number of hydrogen-bond acceptors (Lipinski definition) is 7. The van der Waals surface area contributed by atoms with Gasteiger partial charge in [-0.25, -0.2) is 4.98 Å². The van der Waals surface area contributed by atoms with Crippen LogP contribution in [0.5, 0.6) is 23.3 Å². The van der Waals surface area contributed by atoms with Gasteiger partial charge in [0.15, 0.2) is 11.6 Å². The Bertz CT molecular complexity index is 1780. The fraction of sp³-hybridized carbons (Fsp3) is 0.465. The molecule has 1 unspecified atom stereocenters. The summed E-state index contributed by atoms with van der Waals surface area (Å²) >= 11 is 0. The molecular formula is C43H55N3O4. The number of phenolic OH excluding ortho intramolecular Hbond substituents is 2. The SMILES string of the molecule is CCCCCCCCCCCCOc1cc(O)c(-c2nc(OCC(CC)CCCC)nc(-c3cc4ccccc4c4ccccc34)n2)c(O)c1. The predicted molar refractivity (Wildman–Crippen MR) is 205 cm³/mol. The van der Waals surface area contributed by atoms with Crippen LogP contribution in [0.1, 0.15) is 111 Å². The highest BCUT2D eigenvalue weighted by molar-refractivity contribution is 6.13. The fourth-order valence-electron chi connectivity index (χ4n) is 6.66. The lowest BCUT2D eigenvalue weighted by atomic mass is 9.97. The first-order valence-corrected chi connectivity index (χ1v) is 19.0. The molecule has 5 rings (SSSR count). The van der Waals surface area contributed by atoms with Crippen molar-refractivity contribution in [2.24, 2.45) is 5.92 Å². The van der Waals surface area contributed by atoms with Gasteiger partial charge >= 0.3 is 6.01 Å². The number of hydrogen-bond donors (Lipinski definition) is 2. The Hall–Kier alpha value is -4.39. The summed E-state index contributed by atoms with van der Waals surface area (Å²) in [6.07, 6.45) is 16.8. The molecule has 1 atom stereocenters. The third kappa shape index (κ3) is 9.86. The fourth-order valence-corrected chi connectivity index (χ4v) is 6.66. The zero-order valence-corrected chi connectivity index (χ0v) is 30.3. The standard InChI is InChI=1S/C43H55N3O4/c1-4-7-9-10-11-12-13-14-15-20-26-49-33-28-38(47)40(39(48)29-33)42-44-41(45-43(46-42)50-30-31(6-3)21-8-5-2)37-27-32-22-16-17-23-34(32)35-24-18-19-25-36(35)37/h16-19,22-25,27-29,31,47-48H,4-15,20-21,26,30H2,1-3H3. The highest BCUT2D eigenvalue weighted by Gasteiger charge is 2.21. The molecule has 5 aromatic rings. The van der Waals surface area contributed by atoms with Crippen molar-refractivity contribution in [3.8, 4) is 46.0 Å². The molecule has 0 bridgehead atoms. The van der Waals surface area contributed by atoms with E-state index < -0.39 is 0 Å². The number of unbranched alkanes of at least 4 members (excludes halogenated alkanes) is 10. The predicted octanol–water partition coefficient (Wildman–Crippen LogP) is 11.8. The van der Waals surface area contributed by atoms with E-state index in [0.717, 1.165) is 65.6 Å². The molecule has 0 aliphatic rings. The Morgan fingerprint density at radius 1 is 0.600 bits per heavy atom. The van der Waals surface area contributed by atoms with E-state index >= 15 is 0 Å². The molecule has 0 amide bonds. The number of phenols is 2. The van der Waals surface area contributed by atoms with Crippen LogP contribution in [0.25, 0.3) is 44.3 Å². The van der Waals surface area contributed by atoms with E-state index in [1.54, 1.807) is 0 Å². The molecule has 0 radical (unpaired) electrons. The van der Waals surface area contributed by atoms with Crippen molar-refractivity contribution in [3.05, 3.63) is 66.7 Å². The second-order valence-electron chi connectivity index (χ2n) is 13.6.